The van der Waals surface area contributed by atoms with Gasteiger partial charge in [0.25, 0.3) is 0 Å². The molecule has 0 bridgehead atoms. The molecule has 6 heteroatoms. The highest BCUT2D eigenvalue weighted by Gasteiger charge is 2.16. The fourth-order valence-corrected chi connectivity index (χ4v) is 8.94. The van der Waals surface area contributed by atoms with Crippen LogP contribution in [-0.2, 0) is 13.1 Å². The molecule has 266 valence electrons. The Kier molecular flexibility index (Phi) is 10.9. The van der Waals surface area contributed by atoms with Crippen LogP contribution in [0.5, 0.6) is 11.5 Å². The van der Waals surface area contributed by atoms with E-state index in [4.69, 9.17) is 9.47 Å². The largest absolute Gasteiger partial charge is 0.497 e. The molecule has 4 nitrogen and oxygen atoms in total. The molecule has 0 saturated heterocycles. The van der Waals surface area contributed by atoms with Crippen molar-refractivity contribution in [2.24, 2.45) is 0 Å². The van der Waals surface area contributed by atoms with Gasteiger partial charge in [-0.1, -0.05) is 82.3 Å². The van der Waals surface area contributed by atoms with Crippen LogP contribution in [-0.4, -0.2) is 25.7 Å². The minimum Gasteiger partial charge on any atom is -0.497 e. The summed E-state index contributed by atoms with van der Waals surface area (Å²) in [6, 6.07) is 51.9. The van der Waals surface area contributed by atoms with Gasteiger partial charge in [0.15, 0.2) is 13.1 Å². The topological polar surface area (TPSA) is 26.2 Å². The van der Waals surface area contributed by atoms with Crippen LogP contribution in [0.25, 0.3) is 67.7 Å². The minimum atomic E-state index is 0.878. The second kappa shape index (κ2) is 16.6. The summed E-state index contributed by atoms with van der Waals surface area (Å²) >= 11 is 0. The molecule has 6 aromatic carbocycles. The number of aryl methyl sites for hydroxylation is 2. The predicted molar refractivity (Wildman–Crippen MR) is 232 cm³/mol. The Labute approximate surface area is 324 Å². The molecule has 0 aliphatic heterocycles. The molecule has 0 saturated carbocycles. The molecule has 0 N–H and O–H groups in total. The second-order valence-corrected chi connectivity index (χ2v) is 15.9. The van der Waals surface area contributed by atoms with Crippen molar-refractivity contribution in [1.29, 1.82) is 0 Å². The van der Waals surface area contributed by atoms with E-state index >= 15 is 0 Å². The zero-order valence-electron chi connectivity index (χ0n) is 30.5. The van der Waals surface area contributed by atoms with Crippen molar-refractivity contribution in [1.82, 2.24) is 0 Å². The Balaban J connectivity index is 0.950. The molecule has 0 unspecified atom stereocenters. The quantitative estimate of drug-likeness (QED) is 0.0667. The summed E-state index contributed by atoms with van der Waals surface area (Å²) in [5.41, 5.74) is 7.26. The highest BCUT2D eigenvalue weighted by molar-refractivity contribution is 8.76. The number of fused-ring (bicyclic) bond motifs is 4. The lowest BCUT2D eigenvalue weighted by Crippen LogP contribution is -2.39. The van der Waals surface area contributed by atoms with Gasteiger partial charge in [-0.2, -0.15) is 9.13 Å². The van der Waals surface area contributed by atoms with E-state index in [0.29, 0.717) is 0 Å². The van der Waals surface area contributed by atoms with E-state index in [-0.39, 0.29) is 0 Å². The zero-order valence-corrected chi connectivity index (χ0v) is 32.2. The number of aromatic nitrogens is 2. The van der Waals surface area contributed by atoms with Crippen LogP contribution in [0.4, 0.5) is 0 Å². The maximum absolute atomic E-state index is 5.41. The van der Waals surface area contributed by atoms with Crippen LogP contribution in [0.2, 0.25) is 0 Å². The smallest absolute Gasteiger partial charge is 0.212 e. The predicted octanol–water partition coefficient (Wildman–Crippen LogP) is 11.3. The van der Waals surface area contributed by atoms with Gasteiger partial charge in [-0.25, -0.2) is 0 Å². The molecule has 0 spiro atoms. The zero-order chi connectivity index (χ0) is 36.7. The number of rotatable bonds is 13. The molecule has 0 aliphatic carbocycles. The van der Waals surface area contributed by atoms with Crippen molar-refractivity contribution in [2.75, 3.05) is 25.7 Å². The van der Waals surface area contributed by atoms with E-state index in [1.165, 1.54) is 65.9 Å². The summed E-state index contributed by atoms with van der Waals surface area (Å²) in [5.74, 6) is 3.76. The van der Waals surface area contributed by atoms with Gasteiger partial charge in [-0.3, -0.25) is 0 Å². The molecule has 2 heterocycles. The van der Waals surface area contributed by atoms with Gasteiger partial charge in [0.05, 0.1) is 25.7 Å². The van der Waals surface area contributed by atoms with Crippen LogP contribution < -0.4 is 18.6 Å². The van der Waals surface area contributed by atoms with Crippen LogP contribution >= 0.6 is 21.6 Å². The lowest BCUT2D eigenvalue weighted by Gasteiger charge is -2.07. The van der Waals surface area contributed by atoms with Crippen LogP contribution in [0.15, 0.2) is 146 Å². The molecular weight excluding hydrogens is 701 g/mol. The van der Waals surface area contributed by atoms with Crippen molar-refractivity contribution in [2.45, 2.75) is 13.1 Å². The van der Waals surface area contributed by atoms with Crippen molar-refractivity contribution in [3.63, 3.8) is 0 Å². The Morgan fingerprint density at radius 2 is 0.833 bits per heavy atom. The monoisotopic (exact) mass is 742 g/mol. The SMILES string of the molecule is COc1ccc2cc(C=Cc3ccc4ccccc4[n+]3CCSSCC[n+]3c(C=Cc4ccc5cc(OC)ccc5c4)ccc4ccccc43)ccc2c1. The van der Waals surface area contributed by atoms with Gasteiger partial charge in [-0.15, -0.1) is 0 Å². The molecule has 54 heavy (non-hydrogen) atoms. The van der Waals surface area contributed by atoms with E-state index in [1.54, 1.807) is 14.2 Å². The second-order valence-electron chi connectivity index (χ2n) is 13.2. The third-order valence-electron chi connectivity index (χ3n) is 9.86. The summed E-state index contributed by atoms with van der Waals surface area (Å²) in [6.07, 6.45) is 8.93. The average molecular weight is 743 g/mol. The van der Waals surface area contributed by atoms with E-state index in [0.717, 1.165) is 36.1 Å². The average Bonchev–Trinajstić information content (AvgIpc) is 3.23. The number of hydrogen-bond acceptors (Lipinski definition) is 4. The highest BCUT2D eigenvalue weighted by Crippen LogP contribution is 2.26. The summed E-state index contributed by atoms with van der Waals surface area (Å²) < 4.78 is 15.7. The number of pyridine rings is 2. The van der Waals surface area contributed by atoms with Gasteiger partial charge in [0, 0.05) is 47.2 Å². The van der Waals surface area contributed by atoms with Crippen LogP contribution in [0, 0.1) is 0 Å². The first-order chi connectivity index (χ1) is 26.6. The lowest BCUT2D eigenvalue weighted by atomic mass is 10.1. The van der Waals surface area contributed by atoms with Gasteiger partial charge >= 0.3 is 0 Å². The molecule has 8 rings (SSSR count). The first-order valence-electron chi connectivity index (χ1n) is 18.2. The Morgan fingerprint density at radius 3 is 1.30 bits per heavy atom. The molecule has 0 radical (unpaired) electrons. The molecule has 0 atom stereocenters. The van der Waals surface area contributed by atoms with E-state index in [2.05, 4.69) is 167 Å². The number of nitrogens with zero attached hydrogens (tertiary/aromatic N) is 2. The third-order valence-corrected chi connectivity index (χ3v) is 12.2. The van der Waals surface area contributed by atoms with E-state index < -0.39 is 0 Å². The maximum Gasteiger partial charge on any atom is 0.212 e. The first-order valence-corrected chi connectivity index (χ1v) is 20.7. The van der Waals surface area contributed by atoms with Gasteiger partial charge in [-0.05, 0) is 105 Å². The van der Waals surface area contributed by atoms with Crippen molar-refractivity contribution in [3.8, 4) is 11.5 Å². The molecule has 0 fully saturated rings. The molecule has 0 amide bonds. The number of methoxy groups -OCH3 is 2. The van der Waals surface area contributed by atoms with E-state index in [1.807, 2.05) is 33.7 Å². The van der Waals surface area contributed by atoms with Crippen molar-refractivity contribution < 1.29 is 18.6 Å². The van der Waals surface area contributed by atoms with Crippen molar-refractivity contribution >= 4 is 89.2 Å². The van der Waals surface area contributed by atoms with Crippen molar-refractivity contribution in [3.05, 3.63) is 168 Å². The van der Waals surface area contributed by atoms with Crippen LogP contribution in [0.1, 0.15) is 22.5 Å². The standard InChI is InChI=1S/C48H42N2O2S2/c1-51-45-25-19-39-31-35(11-15-41(39)33-45)13-21-43-23-17-37-7-3-5-9-47(37)49(43)27-29-53-54-30-28-50-44(24-18-38-8-4-6-10-48(38)50)22-14-36-12-16-42-34-46(52-2)26-20-40(42)32-36/h3-26,31-34H,27-30H2,1-2H3/q+2. The molecule has 0 aliphatic rings. The fourth-order valence-electron chi connectivity index (χ4n) is 7.03. The number of ether oxygens (including phenoxy) is 2. The Bertz CT molecular complexity index is 2480. The lowest BCUT2D eigenvalue weighted by molar-refractivity contribution is -0.668. The van der Waals surface area contributed by atoms with E-state index in [9.17, 15) is 0 Å². The molecular formula is C48H42N2O2S2+2. The fraction of sp³-hybridized carbons (Fsp3) is 0.125. The molecule has 2 aromatic heterocycles. The third kappa shape index (κ3) is 8.01. The van der Waals surface area contributed by atoms with Gasteiger partial charge < -0.3 is 9.47 Å². The summed E-state index contributed by atoms with van der Waals surface area (Å²) in [7, 11) is 7.32. The minimum absolute atomic E-state index is 0.878. The number of benzene rings is 6. The molecule has 8 aromatic rings. The highest BCUT2D eigenvalue weighted by atomic mass is 33.1. The summed E-state index contributed by atoms with van der Waals surface area (Å²) in [4.78, 5) is 0. The number of para-hydroxylation sites is 2. The summed E-state index contributed by atoms with van der Waals surface area (Å²) in [6.45, 7) is 1.84. The van der Waals surface area contributed by atoms with Crippen LogP contribution in [0.3, 0.4) is 0 Å². The Hall–Kier alpha value is -5.56. The maximum atomic E-state index is 5.41. The van der Waals surface area contributed by atoms with Gasteiger partial charge in [0.2, 0.25) is 22.4 Å². The van der Waals surface area contributed by atoms with Gasteiger partial charge in [0.1, 0.15) is 11.5 Å². The summed E-state index contributed by atoms with van der Waals surface area (Å²) in [5, 5.41) is 7.27. The Morgan fingerprint density at radius 1 is 0.426 bits per heavy atom. The first kappa shape index (κ1) is 35.5. The normalized spacial score (nSPS) is 11.8. The number of hydrogen-bond donors (Lipinski definition) is 0.